The van der Waals surface area contributed by atoms with Gasteiger partial charge in [0.15, 0.2) is 0 Å². The van der Waals surface area contributed by atoms with Crippen LogP contribution in [-0.4, -0.2) is 43.1 Å². The number of nitrogens with one attached hydrogen (secondary N) is 2. The van der Waals surface area contributed by atoms with Crippen molar-refractivity contribution in [2.75, 3.05) is 0 Å². The molecule has 2 heterocycles. The average Bonchev–Trinajstić information content (AvgIpc) is 3.31. The molecule has 2 aromatic rings. The number of aromatic amines is 1. The van der Waals surface area contributed by atoms with E-state index >= 15 is 0 Å². The molecular formula is C18H25N5O2. The van der Waals surface area contributed by atoms with E-state index in [1.54, 1.807) is 6.20 Å². The highest BCUT2D eigenvalue weighted by Crippen LogP contribution is 2.28. The van der Waals surface area contributed by atoms with E-state index in [-0.39, 0.29) is 11.9 Å². The molecule has 7 heteroatoms. The lowest BCUT2D eigenvalue weighted by molar-refractivity contribution is -0.121. The number of aromatic nitrogens is 4. The summed E-state index contributed by atoms with van der Waals surface area (Å²) in [5.74, 6) is 0.280. The zero-order valence-electron chi connectivity index (χ0n) is 14.3. The third-order valence-corrected chi connectivity index (χ3v) is 5.45. The number of aliphatic hydroxyl groups is 1. The van der Waals surface area contributed by atoms with Crippen LogP contribution in [0, 0.1) is 5.92 Å². The van der Waals surface area contributed by atoms with Gasteiger partial charge in [-0.05, 0) is 56.1 Å². The molecule has 1 saturated carbocycles. The molecule has 4 rings (SSSR count). The minimum absolute atomic E-state index is 0.0522. The molecule has 25 heavy (non-hydrogen) atoms. The van der Waals surface area contributed by atoms with Crippen molar-refractivity contribution >= 4 is 5.91 Å². The predicted octanol–water partition coefficient (Wildman–Crippen LogP) is 0.983. The Morgan fingerprint density at radius 1 is 1.36 bits per heavy atom. The first kappa shape index (κ1) is 16.3. The smallest absolute Gasteiger partial charge is 0.226 e. The van der Waals surface area contributed by atoms with Crippen LogP contribution in [0.25, 0.3) is 0 Å². The summed E-state index contributed by atoms with van der Waals surface area (Å²) in [6.45, 7) is 0.781. The number of amides is 1. The molecular weight excluding hydrogens is 318 g/mol. The van der Waals surface area contributed by atoms with Crippen molar-refractivity contribution in [2.24, 2.45) is 5.92 Å². The number of H-pyrrole nitrogens is 1. The largest absolute Gasteiger partial charge is 0.391 e. The topological polar surface area (TPSA) is 95.8 Å². The second-order valence-corrected chi connectivity index (χ2v) is 7.32. The first-order chi connectivity index (χ1) is 12.2. The maximum Gasteiger partial charge on any atom is 0.226 e. The van der Waals surface area contributed by atoms with Crippen molar-refractivity contribution in [3.8, 4) is 0 Å². The highest BCUT2D eigenvalue weighted by atomic mass is 16.3. The first-order valence-electron chi connectivity index (χ1n) is 9.19. The van der Waals surface area contributed by atoms with Crippen LogP contribution in [0.2, 0.25) is 0 Å². The lowest BCUT2D eigenvalue weighted by Gasteiger charge is -2.17. The number of carbonyl (C=O) groups excluding carboxylic acids is 1. The Labute approximate surface area is 146 Å². The predicted molar refractivity (Wildman–Crippen MR) is 91.8 cm³/mol. The van der Waals surface area contributed by atoms with Crippen molar-refractivity contribution in [3.05, 3.63) is 35.4 Å². The molecule has 1 unspecified atom stereocenters. The maximum absolute atomic E-state index is 12.4. The number of carbonyl (C=O) groups is 1. The Balaban J connectivity index is 1.32. The molecule has 0 aliphatic heterocycles. The molecule has 2 aliphatic carbocycles. The SMILES string of the molecule is O=C(Cc1n[nH]c2c1CCCC2)N[C@@H]1CC(Cn2cccn2)C[C@H]1O. The van der Waals surface area contributed by atoms with Gasteiger partial charge in [-0.25, -0.2) is 0 Å². The van der Waals surface area contributed by atoms with E-state index in [2.05, 4.69) is 20.6 Å². The third-order valence-electron chi connectivity index (χ3n) is 5.45. The minimum Gasteiger partial charge on any atom is -0.391 e. The van der Waals surface area contributed by atoms with E-state index < -0.39 is 6.10 Å². The molecule has 0 bridgehead atoms. The van der Waals surface area contributed by atoms with Gasteiger partial charge in [0.1, 0.15) is 0 Å². The molecule has 0 spiro atoms. The molecule has 2 aromatic heterocycles. The van der Waals surface area contributed by atoms with Crippen LogP contribution in [0.5, 0.6) is 0 Å². The van der Waals surface area contributed by atoms with Crippen molar-refractivity contribution in [3.63, 3.8) is 0 Å². The van der Waals surface area contributed by atoms with Gasteiger partial charge in [0.25, 0.3) is 0 Å². The van der Waals surface area contributed by atoms with Crippen LogP contribution >= 0.6 is 0 Å². The van der Waals surface area contributed by atoms with E-state index in [0.29, 0.717) is 18.8 Å². The fourth-order valence-corrected chi connectivity index (χ4v) is 4.20. The highest BCUT2D eigenvalue weighted by Gasteiger charge is 2.34. The van der Waals surface area contributed by atoms with Gasteiger partial charge < -0.3 is 10.4 Å². The summed E-state index contributed by atoms with van der Waals surface area (Å²) in [5.41, 5.74) is 3.28. The normalized spacial score (nSPS) is 25.7. The fourth-order valence-electron chi connectivity index (χ4n) is 4.20. The van der Waals surface area contributed by atoms with Crippen LogP contribution in [0.15, 0.2) is 18.5 Å². The molecule has 0 saturated heterocycles. The number of aryl methyl sites for hydroxylation is 1. The summed E-state index contributed by atoms with van der Waals surface area (Å²) in [6, 6.07) is 1.72. The number of nitrogens with zero attached hydrogens (tertiary/aromatic N) is 3. The monoisotopic (exact) mass is 343 g/mol. The van der Waals surface area contributed by atoms with Gasteiger partial charge in [0.05, 0.1) is 24.3 Å². The Bertz CT molecular complexity index is 724. The molecule has 134 valence electrons. The molecule has 7 nitrogen and oxygen atoms in total. The second kappa shape index (κ2) is 7.00. The molecule has 2 aliphatic rings. The van der Waals surface area contributed by atoms with Crippen LogP contribution in [0.1, 0.15) is 42.6 Å². The summed E-state index contributed by atoms with van der Waals surface area (Å²) in [6.07, 6.45) is 9.36. The van der Waals surface area contributed by atoms with Gasteiger partial charge in [0.2, 0.25) is 5.91 Å². The van der Waals surface area contributed by atoms with Crippen LogP contribution in [-0.2, 0) is 30.6 Å². The highest BCUT2D eigenvalue weighted by molar-refractivity contribution is 5.79. The van der Waals surface area contributed by atoms with E-state index in [9.17, 15) is 9.90 Å². The van der Waals surface area contributed by atoms with Gasteiger partial charge in [-0.2, -0.15) is 10.2 Å². The molecule has 1 fully saturated rings. The van der Waals surface area contributed by atoms with Crippen molar-refractivity contribution in [1.82, 2.24) is 25.3 Å². The van der Waals surface area contributed by atoms with E-state index in [1.807, 2.05) is 16.9 Å². The molecule has 1 amide bonds. The summed E-state index contributed by atoms with van der Waals surface area (Å²) >= 11 is 0. The Morgan fingerprint density at radius 2 is 2.24 bits per heavy atom. The third kappa shape index (κ3) is 3.61. The number of aliphatic hydroxyl groups excluding tert-OH is 1. The van der Waals surface area contributed by atoms with E-state index in [4.69, 9.17) is 0 Å². The van der Waals surface area contributed by atoms with Crippen molar-refractivity contribution in [1.29, 1.82) is 0 Å². The van der Waals surface area contributed by atoms with Crippen LogP contribution in [0.4, 0.5) is 0 Å². The number of fused-ring (bicyclic) bond motifs is 1. The summed E-state index contributed by atoms with van der Waals surface area (Å²) in [5, 5.41) is 24.9. The maximum atomic E-state index is 12.4. The van der Waals surface area contributed by atoms with Gasteiger partial charge >= 0.3 is 0 Å². The van der Waals surface area contributed by atoms with Gasteiger partial charge in [-0.15, -0.1) is 0 Å². The van der Waals surface area contributed by atoms with Gasteiger partial charge in [0, 0.05) is 24.6 Å². The molecule has 3 atom stereocenters. The molecule has 3 N–H and O–H groups in total. The molecule has 0 aromatic carbocycles. The summed E-state index contributed by atoms with van der Waals surface area (Å²) in [7, 11) is 0. The minimum atomic E-state index is -0.488. The standard InChI is InChI=1S/C18H25N5O2/c24-17-9-12(11-23-7-3-6-19-23)8-16(17)20-18(25)10-15-13-4-1-2-5-14(13)21-22-15/h3,6-7,12,16-17,24H,1-2,4-5,8-11H2,(H,20,25)(H,21,22)/t12?,16-,17-/m1/s1. The second-order valence-electron chi connectivity index (χ2n) is 7.32. The van der Waals surface area contributed by atoms with Crippen LogP contribution < -0.4 is 5.32 Å². The zero-order chi connectivity index (χ0) is 17.2. The number of hydrogen-bond donors (Lipinski definition) is 3. The quantitative estimate of drug-likeness (QED) is 0.754. The Hall–Kier alpha value is -2.15. The zero-order valence-corrected chi connectivity index (χ0v) is 14.3. The lowest BCUT2D eigenvalue weighted by atomic mass is 9.95. The van der Waals surface area contributed by atoms with Crippen molar-refractivity contribution in [2.45, 2.75) is 63.6 Å². The van der Waals surface area contributed by atoms with E-state index in [1.165, 1.54) is 17.7 Å². The summed E-state index contributed by atoms with van der Waals surface area (Å²) in [4.78, 5) is 12.4. The Morgan fingerprint density at radius 3 is 3.08 bits per heavy atom. The van der Waals surface area contributed by atoms with E-state index in [0.717, 1.165) is 37.9 Å². The molecule has 0 radical (unpaired) electrons. The van der Waals surface area contributed by atoms with Gasteiger partial charge in [-0.3, -0.25) is 14.6 Å². The number of hydrogen-bond acceptors (Lipinski definition) is 4. The average molecular weight is 343 g/mol. The fraction of sp³-hybridized carbons (Fsp3) is 0.611. The Kier molecular flexibility index (Phi) is 4.57. The first-order valence-corrected chi connectivity index (χ1v) is 9.19. The van der Waals surface area contributed by atoms with Crippen LogP contribution in [0.3, 0.4) is 0 Å². The van der Waals surface area contributed by atoms with Gasteiger partial charge in [-0.1, -0.05) is 0 Å². The number of rotatable bonds is 5. The lowest BCUT2D eigenvalue weighted by Crippen LogP contribution is -2.40. The summed E-state index contributed by atoms with van der Waals surface area (Å²) < 4.78 is 1.89. The van der Waals surface area contributed by atoms with Crippen molar-refractivity contribution < 1.29 is 9.90 Å².